The topological polar surface area (TPSA) is 71.8 Å². The van der Waals surface area contributed by atoms with Crippen LogP contribution in [0.1, 0.15) is 24.1 Å². The molecular formula is C24H21N5O. The summed E-state index contributed by atoms with van der Waals surface area (Å²) in [6, 6.07) is 21.7. The van der Waals surface area contributed by atoms with Crippen LogP contribution in [0.15, 0.2) is 84.3 Å². The van der Waals surface area contributed by atoms with Crippen molar-refractivity contribution in [3.63, 3.8) is 0 Å². The fourth-order valence-electron chi connectivity index (χ4n) is 4.08. The molecule has 1 aliphatic heterocycles. The van der Waals surface area contributed by atoms with Crippen molar-refractivity contribution in [2.45, 2.75) is 19.9 Å². The number of hydrogen-bond acceptors (Lipinski definition) is 4. The van der Waals surface area contributed by atoms with E-state index in [0.717, 1.165) is 33.3 Å². The third-order valence-corrected chi connectivity index (χ3v) is 5.43. The summed E-state index contributed by atoms with van der Waals surface area (Å²) in [6.45, 7) is 3.91. The third kappa shape index (κ3) is 3.03. The summed E-state index contributed by atoms with van der Waals surface area (Å²) in [5, 5.41) is 12.9. The van der Waals surface area contributed by atoms with Crippen LogP contribution in [0.25, 0.3) is 10.8 Å². The van der Waals surface area contributed by atoms with Crippen LogP contribution >= 0.6 is 0 Å². The van der Waals surface area contributed by atoms with Gasteiger partial charge in [-0.25, -0.2) is 4.68 Å². The Morgan fingerprint density at radius 1 is 1.03 bits per heavy atom. The van der Waals surface area contributed by atoms with E-state index in [1.54, 1.807) is 4.68 Å². The molecule has 0 aliphatic carbocycles. The smallest absolute Gasteiger partial charge is 0.255 e. The van der Waals surface area contributed by atoms with E-state index in [0.29, 0.717) is 11.5 Å². The van der Waals surface area contributed by atoms with E-state index in [-0.39, 0.29) is 11.9 Å². The van der Waals surface area contributed by atoms with Crippen molar-refractivity contribution >= 4 is 28.3 Å². The molecule has 0 radical (unpaired) electrons. The second-order valence-corrected chi connectivity index (χ2v) is 7.49. The van der Waals surface area contributed by atoms with Gasteiger partial charge in [0.2, 0.25) is 5.95 Å². The summed E-state index contributed by atoms with van der Waals surface area (Å²) in [5.41, 5.74) is 4.24. The number of amides is 1. The van der Waals surface area contributed by atoms with Crippen molar-refractivity contribution in [2.75, 3.05) is 10.6 Å². The quantitative estimate of drug-likeness (QED) is 0.529. The van der Waals surface area contributed by atoms with Gasteiger partial charge in [-0.05, 0) is 47.9 Å². The van der Waals surface area contributed by atoms with Crippen LogP contribution in [-0.2, 0) is 4.79 Å². The van der Waals surface area contributed by atoms with Crippen molar-refractivity contribution < 1.29 is 4.79 Å². The Bertz CT molecular complexity index is 1300. The van der Waals surface area contributed by atoms with E-state index < -0.39 is 0 Å². The maximum absolute atomic E-state index is 13.5. The minimum Gasteiger partial charge on any atom is -0.328 e. The lowest BCUT2D eigenvalue weighted by Crippen LogP contribution is -2.31. The zero-order valence-electron chi connectivity index (χ0n) is 16.8. The highest BCUT2D eigenvalue weighted by molar-refractivity contribution is 6.06. The molecular weight excluding hydrogens is 374 g/mol. The summed E-state index contributed by atoms with van der Waals surface area (Å²) in [5.74, 6) is 0.460. The molecule has 6 heteroatoms. The Morgan fingerprint density at radius 3 is 2.70 bits per heavy atom. The zero-order chi connectivity index (χ0) is 20.7. The van der Waals surface area contributed by atoms with Gasteiger partial charge in [0.1, 0.15) is 12.4 Å². The Hall–Kier alpha value is -3.93. The molecule has 3 aromatic carbocycles. The normalized spacial score (nSPS) is 15.6. The first-order valence-electron chi connectivity index (χ1n) is 9.85. The third-order valence-electron chi connectivity index (χ3n) is 5.43. The van der Waals surface area contributed by atoms with Gasteiger partial charge in [0.25, 0.3) is 5.91 Å². The number of fused-ring (bicyclic) bond motifs is 2. The van der Waals surface area contributed by atoms with Gasteiger partial charge in [0.15, 0.2) is 0 Å². The first-order chi connectivity index (χ1) is 14.6. The summed E-state index contributed by atoms with van der Waals surface area (Å²) in [7, 11) is 0. The monoisotopic (exact) mass is 395 g/mol. The van der Waals surface area contributed by atoms with Crippen molar-refractivity contribution in [1.29, 1.82) is 0 Å². The van der Waals surface area contributed by atoms with Crippen LogP contribution in [0.3, 0.4) is 0 Å². The molecule has 0 bridgehead atoms. The fourth-order valence-corrected chi connectivity index (χ4v) is 4.08. The van der Waals surface area contributed by atoms with Crippen LogP contribution in [0.5, 0.6) is 0 Å². The van der Waals surface area contributed by atoms with Gasteiger partial charge in [-0.2, -0.15) is 10.1 Å². The lowest BCUT2D eigenvalue weighted by Gasteiger charge is -2.29. The molecule has 4 aromatic rings. The molecule has 0 saturated carbocycles. The van der Waals surface area contributed by atoms with E-state index in [1.807, 2.05) is 56.3 Å². The van der Waals surface area contributed by atoms with Crippen LogP contribution < -0.4 is 10.6 Å². The van der Waals surface area contributed by atoms with E-state index in [9.17, 15) is 4.79 Å². The highest BCUT2D eigenvalue weighted by atomic mass is 16.1. The number of nitrogens with one attached hydrogen (secondary N) is 2. The number of nitrogens with zero attached hydrogens (tertiary/aromatic N) is 3. The molecule has 1 atom stereocenters. The van der Waals surface area contributed by atoms with Gasteiger partial charge in [0, 0.05) is 11.4 Å². The van der Waals surface area contributed by atoms with Crippen LogP contribution in [0.4, 0.5) is 11.6 Å². The highest BCUT2D eigenvalue weighted by Crippen LogP contribution is 2.38. The van der Waals surface area contributed by atoms with E-state index in [1.165, 1.54) is 6.33 Å². The molecule has 1 aliphatic rings. The van der Waals surface area contributed by atoms with E-state index in [2.05, 4.69) is 45.0 Å². The maximum atomic E-state index is 13.5. The number of allylic oxidation sites excluding steroid dienone is 1. The molecule has 0 spiro atoms. The van der Waals surface area contributed by atoms with Gasteiger partial charge < -0.3 is 10.6 Å². The summed E-state index contributed by atoms with van der Waals surface area (Å²) < 4.78 is 1.78. The van der Waals surface area contributed by atoms with Gasteiger partial charge in [-0.3, -0.25) is 4.79 Å². The number of carbonyl (C=O) groups is 1. The molecule has 1 unspecified atom stereocenters. The highest BCUT2D eigenvalue weighted by Gasteiger charge is 2.34. The number of carbonyl (C=O) groups excluding carboxylic acids is 1. The van der Waals surface area contributed by atoms with Gasteiger partial charge >= 0.3 is 0 Å². The minimum absolute atomic E-state index is 0.162. The zero-order valence-corrected chi connectivity index (χ0v) is 16.8. The molecule has 1 amide bonds. The van der Waals surface area contributed by atoms with Crippen LogP contribution in [0, 0.1) is 6.92 Å². The minimum atomic E-state index is -0.389. The predicted molar refractivity (Wildman–Crippen MR) is 118 cm³/mol. The number of rotatable bonds is 3. The number of aryl methyl sites for hydroxylation is 1. The largest absolute Gasteiger partial charge is 0.328 e. The summed E-state index contributed by atoms with van der Waals surface area (Å²) in [4.78, 5) is 17.8. The molecule has 0 saturated heterocycles. The average Bonchev–Trinajstić information content (AvgIpc) is 3.20. The maximum Gasteiger partial charge on any atom is 0.255 e. The van der Waals surface area contributed by atoms with Crippen molar-refractivity contribution in [1.82, 2.24) is 14.8 Å². The lowest BCUT2D eigenvalue weighted by molar-refractivity contribution is -0.113. The molecule has 2 N–H and O–H groups in total. The second kappa shape index (κ2) is 7.15. The molecule has 148 valence electrons. The van der Waals surface area contributed by atoms with E-state index >= 15 is 0 Å². The molecule has 5 rings (SSSR count). The molecule has 0 fully saturated rings. The number of hydrogen-bond donors (Lipinski definition) is 2. The fraction of sp³-hybridized carbons (Fsp3) is 0.125. The van der Waals surface area contributed by atoms with Gasteiger partial charge in [-0.1, -0.05) is 54.6 Å². The van der Waals surface area contributed by atoms with Gasteiger partial charge in [-0.15, -0.1) is 0 Å². The lowest BCUT2D eigenvalue weighted by atomic mass is 9.91. The van der Waals surface area contributed by atoms with Crippen molar-refractivity contribution in [3.8, 4) is 0 Å². The Morgan fingerprint density at radius 2 is 1.83 bits per heavy atom. The number of aromatic nitrogens is 3. The molecule has 1 aromatic heterocycles. The first-order valence-corrected chi connectivity index (χ1v) is 9.85. The van der Waals surface area contributed by atoms with Crippen molar-refractivity contribution in [2.24, 2.45) is 0 Å². The number of anilines is 2. The molecule has 30 heavy (non-hydrogen) atoms. The molecule has 2 heterocycles. The summed E-state index contributed by atoms with van der Waals surface area (Å²) in [6.07, 6.45) is 1.51. The standard InChI is InChI=1S/C24H21N5O/c1-15-7-5-10-18(13-15)28-23(30)21-16(2)27-24-25-14-26-29(24)22(21)20-12-6-9-17-8-3-4-11-19(17)20/h3-14,22H,1-2H3,(H,28,30)(H,25,26,27). The second-order valence-electron chi connectivity index (χ2n) is 7.49. The first kappa shape index (κ1) is 18.1. The molecule has 6 nitrogen and oxygen atoms in total. The van der Waals surface area contributed by atoms with Crippen molar-refractivity contribution in [3.05, 3.63) is 95.5 Å². The van der Waals surface area contributed by atoms with E-state index in [4.69, 9.17) is 0 Å². The Balaban J connectivity index is 1.65. The van der Waals surface area contributed by atoms with Crippen LogP contribution in [-0.4, -0.2) is 20.7 Å². The SMILES string of the molecule is CC1=C(C(=O)Nc2cccc(C)c2)C(c2cccc3ccccc23)n2ncnc2N1. The summed E-state index contributed by atoms with van der Waals surface area (Å²) >= 11 is 0. The number of benzene rings is 3. The Labute approximate surface area is 174 Å². The predicted octanol–water partition coefficient (Wildman–Crippen LogP) is 4.67. The Kier molecular flexibility index (Phi) is 4.32. The van der Waals surface area contributed by atoms with Crippen LogP contribution in [0.2, 0.25) is 0 Å². The average molecular weight is 395 g/mol. The van der Waals surface area contributed by atoms with Gasteiger partial charge in [0.05, 0.1) is 5.57 Å².